The van der Waals surface area contributed by atoms with Crippen molar-refractivity contribution in [3.63, 3.8) is 0 Å². The van der Waals surface area contributed by atoms with Crippen LogP contribution < -0.4 is 15.8 Å². The Morgan fingerprint density at radius 2 is 1.81 bits per heavy atom. The van der Waals surface area contributed by atoms with Gasteiger partial charge in [0.15, 0.2) is 5.82 Å². The fraction of sp³-hybridized carbons (Fsp3) is 0.333. The van der Waals surface area contributed by atoms with Crippen LogP contribution in [0.5, 0.6) is 0 Å². The van der Waals surface area contributed by atoms with E-state index in [1.54, 1.807) is 17.7 Å². The number of aryl methyl sites for hydroxylation is 1. The second-order valence-electron chi connectivity index (χ2n) is 8.24. The molecule has 7 nitrogen and oxygen atoms in total. The van der Waals surface area contributed by atoms with Crippen LogP contribution in [-0.2, 0) is 13.5 Å². The van der Waals surface area contributed by atoms with Crippen LogP contribution in [0.25, 0.3) is 11.4 Å². The standard InChI is InChI=1S/C24H25N5O2/c1-28-12-8-18(15-20(28)30)16-9-13-29(14-10-16)23-19-7-11-25-24(31)21(19)26-22(27-23)17-5-3-2-4-6-17/h2-6,8,12,15-16H,7,9-11,13-14H2,1H3,(H,25,31). The normalized spacial score (nSPS) is 16.7. The molecular weight excluding hydrogens is 390 g/mol. The van der Waals surface area contributed by atoms with E-state index in [-0.39, 0.29) is 11.5 Å². The Hall–Kier alpha value is -3.48. The Balaban J connectivity index is 1.46. The molecule has 1 amide bonds. The number of nitrogens with one attached hydrogen (secondary N) is 1. The summed E-state index contributed by atoms with van der Waals surface area (Å²) in [5.74, 6) is 1.69. The molecule has 0 spiro atoms. The zero-order valence-corrected chi connectivity index (χ0v) is 17.5. The van der Waals surface area contributed by atoms with E-state index in [1.165, 1.54) is 0 Å². The Labute approximate surface area is 180 Å². The Morgan fingerprint density at radius 3 is 2.55 bits per heavy atom. The number of pyridine rings is 1. The van der Waals surface area contributed by atoms with Gasteiger partial charge < -0.3 is 14.8 Å². The first-order valence-electron chi connectivity index (χ1n) is 10.8. The summed E-state index contributed by atoms with van der Waals surface area (Å²) < 4.78 is 1.60. The van der Waals surface area contributed by atoms with Crippen LogP contribution in [-0.4, -0.2) is 40.1 Å². The molecule has 5 rings (SSSR count). The highest BCUT2D eigenvalue weighted by Gasteiger charge is 2.29. The minimum Gasteiger partial charge on any atom is -0.356 e. The lowest BCUT2D eigenvalue weighted by Gasteiger charge is -2.35. The van der Waals surface area contributed by atoms with Crippen molar-refractivity contribution in [2.75, 3.05) is 24.5 Å². The average molecular weight is 415 g/mol. The number of hydrogen-bond acceptors (Lipinski definition) is 5. The molecule has 0 aliphatic carbocycles. The smallest absolute Gasteiger partial charge is 0.270 e. The number of fused-ring (bicyclic) bond motifs is 1. The SMILES string of the molecule is Cn1ccc(C2CCN(c3nc(-c4ccccc4)nc4c3CCNC4=O)CC2)cc1=O. The van der Waals surface area contributed by atoms with E-state index >= 15 is 0 Å². The number of carbonyl (C=O) groups is 1. The lowest BCUT2D eigenvalue weighted by molar-refractivity contribution is 0.0940. The third-order valence-electron chi connectivity index (χ3n) is 6.29. The summed E-state index contributed by atoms with van der Waals surface area (Å²) in [5, 5.41) is 2.91. The quantitative estimate of drug-likeness (QED) is 0.711. The van der Waals surface area contributed by atoms with Gasteiger partial charge in [-0.25, -0.2) is 9.97 Å². The van der Waals surface area contributed by atoms with Gasteiger partial charge in [0.25, 0.3) is 11.5 Å². The van der Waals surface area contributed by atoms with E-state index in [9.17, 15) is 9.59 Å². The first-order valence-corrected chi connectivity index (χ1v) is 10.8. The van der Waals surface area contributed by atoms with Crippen molar-refractivity contribution in [1.29, 1.82) is 0 Å². The lowest BCUT2D eigenvalue weighted by Crippen LogP contribution is -2.38. The molecule has 158 valence electrons. The molecule has 2 aliphatic rings. The fourth-order valence-corrected chi connectivity index (χ4v) is 4.50. The number of amides is 1. The minimum absolute atomic E-state index is 0.0308. The van der Waals surface area contributed by atoms with Crippen molar-refractivity contribution in [1.82, 2.24) is 19.9 Å². The van der Waals surface area contributed by atoms with Crippen molar-refractivity contribution >= 4 is 11.7 Å². The molecule has 0 atom stereocenters. The zero-order valence-electron chi connectivity index (χ0n) is 17.5. The third kappa shape index (κ3) is 3.71. The second kappa shape index (κ2) is 7.98. The molecule has 1 saturated heterocycles. The van der Waals surface area contributed by atoms with Crippen LogP contribution in [0.4, 0.5) is 5.82 Å². The fourth-order valence-electron chi connectivity index (χ4n) is 4.50. The molecule has 1 aromatic carbocycles. The number of aromatic nitrogens is 3. The molecule has 3 aromatic rings. The van der Waals surface area contributed by atoms with Crippen molar-refractivity contribution < 1.29 is 4.79 Å². The number of hydrogen-bond donors (Lipinski definition) is 1. The summed E-state index contributed by atoms with van der Waals surface area (Å²) in [5.41, 5.74) is 3.47. The van der Waals surface area contributed by atoms with E-state index in [1.807, 2.05) is 42.6 Å². The molecule has 0 unspecified atom stereocenters. The number of rotatable bonds is 3. The molecule has 4 heterocycles. The molecule has 1 N–H and O–H groups in total. The van der Waals surface area contributed by atoms with E-state index in [0.717, 1.165) is 54.9 Å². The van der Waals surface area contributed by atoms with Gasteiger partial charge in [-0.1, -0.05) is 30.3 Å². The van der Waals surface area contributed by atoms with E-state index in [0.29, 0.717) is 24.0 Å². The topological polar surface area (TPSA) is 80.1 Å². The number of nitrogens with zero attached hydrogens (tertiary/aromatic N) is 4. The molecule has 31 heavy (non-hydrogen) atoms. The van der Waals surface area contributed by atoms with E-state index in [4.69, 9.17) is 4.98 Å². The van der Waals surface area contributed by atoms with Crippen LogP contribution in [0.2, 0.25) is 0 Å². The first-order chi connectivity index (χ1) is 15.1. The summed E-state index contributed by atoms with van der Waals surface area (Å²) in [6.45, 7) is 2.27. The number of carbonyl (C=O) groups excluding carboxylic acids is 1. The van der Waals surface area contributed by atoms with Gasteiger partial charge in [0, 0.05) is 50.1 Å². The zero-order chi connectivity index (χ0) is 21.4. The van der Waals surface area contributed by atoms with Crippen LogP contribution in [0.1, 0.15) is 40.4 Å². The maximum absolute atomic E-state index is 12.5. The molecule has 7 heteroatoms. The maximum Gasteiger partial charge on any atom is 0.270 e. The highest BCUT2D eigenvalue weighted by Crippen LogP contribution is 2.33. The van der Waals surface area contributed by atoms with Gasteiger partial charge >= 0.3 is 0 Å². The highest BCUT2D eigenvalue weighted by atomic mass is 16.2. The lowest BCUT2D eigenvalue weighted by atomic mass is 9.89. The van der Waals surface area contributed by atoms with E-state index in [2.05, 4.69) is 15.2 Å². The number of anilines is 1. The van der Waals surface area contributed by atoms with Crippen molar-refractivity contribution in [2.45, 2.75) is 25.2 Å². The Morgan fingerprint density at radius 1 is 1.03 bits per heavy atom. The molecule has 2 aliphatic heterocycles. The summed E-state index contributed by atoms with van der Waals surface area (Å²) in [4.78, 5) is 36.4. The predicted octanol–water partition coefficient (Wildman–Crippen LogP) is 2.51. The summed E-state index contributed by atoms with van der Waals surface area (Å²) in [6, 6.07) is 13.6. The molecule has 0 bridgehead atoms. The molecule has 0 radical (unpaired) electrons. The van der Waals surface area contributed by atoms with Crippen molar-refractivity contribution in [3.8, 4) is 11.4 Å². The van der Waals surface area contributed by atoms with Gasteiger partial charge in [-0.3, -0.25) is 9.59 Å². The van der Waals surface area contributed by atoms with Gasteiger partial charge in [0.05, 0.1) is 0 Å². The highest BCUT2D eigenvalue weighted by molar-refractivity contribution is 5.96. The molecule has 1 fully saturated rings. The predicted molar refractivity (Wildman–Crippen MR) is 119 cm³/mol. The van der Waals surface area contributed by atoms with Gasteiger partial charge in [-0.2, -0.15) is 0 Å². The Kier molecular flexibility index (Phi) is 5.02. The van der Waals surface area contributed by atoms with Gasteiger partial charge in [-0.05, 0) is 36.8 Å². The monoisotopic (exact) mass is 415 g/mol. The summed E-state index contributed by atoms with van der Waals surface area (Å²) >= 11 is 0. The van der Waals surface area contributed by atoms with Crippen molar-refractivity contribution in [2.24, 2.45) is 7.05 Å². The van der Waals surface area contributed by atoms with Crippen LogP contribution in [0.15, 0.2) is 53.5 Å². The van der Waals surface area contributed by atoms with Crippen LogP contribution >= 0.6 is 0 Å². The van der Waals surface area contributed by atoms with Crippen LogP contribution in [0.3, 0.4) is 0 Å². The molecule has 0 saturated carbocycles. The second-order valence-corrected chi connectivity index (χ2v) is 8.24. The average Bonchev–Trinajstić information content (AvgIpc) is 2.81. The third-order valence-corrected chi connectivity index (χ3v) is 6.29. The van der Waals surface area contributed by atoms with Gasteiger partial charge in [0.2, 0.25) is 0 Å². The molecular formula is C24H25N5O2. The van der Waals surface area contributed by atoms with Crippen LogP contribution in [0, 0.1) is 0 Å². The number of piperidine rings is 1. The first kappa shape index (κ1) is 19.5. The van der Waals surface area contributed by atoms with Gasteiger partial charge in [0.1, 0.15) is 11.5 Å². The maximum atomic E-state index is 12.5. The minimum atomic E-state index is -0.128. The number of benzene rings is 1. The van der Waals surface area contributed by atoms with Gasteiger partial charge in [-0.15, -0.1) is 0 Å². The largest absolute Gasteiger partial charge is 0.356 e. The summed E-state index contributed by atoms with van der Waals surface area (Å²) in [7, 11) is 1.77. The molecule has 2 aromatic heterocycles. The summed E-state index contributed by atoms with van der Waals surface area (Å²) in [6.07, 6.45) is 4.47. The van der Waals surface area contributed by atoms with E-state index < -0.39 is 0 Å². The van der Waals surface area contributed by atoms with Crippen molar-refractivity contribution in [3.05, 3.63) is 75.8 Å². The Bertz CT molecular complexity index is 1180.